The van der Waals surface area contributed by atoms with Gasteiger partial charge in [0.2, 0.25) is 0 Å². The third-order valence-corrected chi connectivity index (χ3v) is 3.21. The Bertz CT molecular complexity index is 449. The van der Waals surface area contributed by atoms with Gasteiger partial charge in [-0.3, -0.25) is 0 Å². The van der Waals surface area contributed by atoms with Crippen molar-refractivity contribution in [2.75, 3.05) is 26.9 Å². The van der Waals surface area contributed by atoms with Crippen LogP contribution in [0.5, 0.6) is 5.75 Å². The zero-order valence-electron chi connectivity index (χ0n) is 14.2. The monoisotopic (exact) mass is 307 g/mol. The molecule has 0 bridgehead atoms. The van der Waals surface area contributed by atoms with E-state index in [2.05, 4.69) is 42.5 Å². The molecule has 0 heterocycles. The smallest absolute Gasteiger partial charge is 0.191 e. The quantitative estimate of drug-likeness (QED) is 0.418. The van der Waals surface area contributed by atoms with Crippen LogP contribution in [0, 0.1) is 0 Å². The minimum atomic E-state index is 0.404. The Balaban J connectivity index is 2.62. The van der Waals surface area contributed by atoms with Gasteiger partial charge in [0.25, 0.3) is 0 Å². The van der Waals surface area contributed by atoms with Crippen LogP contribution in [-0.4, -0.2) is 38.9 Å². The highest BCUT2D eigenvalue weighted by Gasteiger charge is 2.03. The molecular formula is C17H29N3O2. The van der Waals surface area contributed by atoms with Crippen LogP contribution in [0.2, 0.25) is 0 Å². The number of ether oxygens (including phenoxy) is 2. The molecule has 124 valence electrons. The lowest BCUT2D eigenvalue weighted by molar-refractivity contribution is 0.146. The highest BCUT2D eigenvalue weighted by atomic mass is 16.5. The molecule has 5 heteroatoms. The van der Waals surface area contributed by atoms with Gasteiger partial charge in [-0.25, -0.2) is 4.99 Å². The summed E-state index contributed by atoms with van der Waals surface area (Å²) in [7, 11) is 1.67. The summed E-state index contributed by atoms with van der Waals surface area (Å²) in [5, 5.41) is 6.65. The van der Waals surface area contributed by atoms with Crippen LogP contribution >= 0.6 is 0 Å². The normalized spacial score (nSPS) is 12.8. The maximum absolute atomic E-state index is 5.62. The molecule has 1 atom stereocenters. The Morgan fingerprint density at radius 1 is 1.27 bits per heavy atom. The molecule has 0 saturated carbocycles. The van der Waals surface area contributed by atoms with E-state index in [1.807, 2.05) is 18.2 Å². The summed E-state index contributed by atoms with van der Waals surface area (Å²) in [4.78, 5) is 4.62. The number of aliphatic imine (C=N–C) groups is 1. The first-order valence-electron chi connectivity index (χ1n) is 7.95. The summed E-state index contributed by atoms with van der Waals surface area (Å²) in [6.07, 6.45) is 1.06. The first-order valence-corrected chi connectivity index (χ1v) is 7.95. The van der Waals surface area contributed by atoms with E-state index in [0.717, 1.165) is 30.2 Å². The molecule has 0 aliphatic rings. The van der Waals surface area contributed by atoms with Gasteiger partial charge in [0.15, 0.2) is 5.96 Å². The van der Waals surface area contributed by atoms with E-state index < -0.39 is 0 Å². The van der Waals surface area contributed by atoms with E-state index in [1.54, 1.807) is 7.11 Å². The Kier molecular flexibility index (Phi) is 9.07. The minimum absolute atomic E-state index is 0.404. The van der Waals surface area contributed by atoms with Gasteiger partial charge in [-0.2, -0.15) is 0 Å². The van der Waals surface area contributed by atoms with E-state index in [4.69, 9.17) is 9.47 Å². The Hall–Kier alpha value is -1.75. The van der Waals surface area contributed by atoms with Gasteiger partial charge >= 0.3 is 0 Å². The molecule has 1 rings (SSSR count). The molecule has 0 fully saturated rings. The highest BCUT2D eigenvalue weighted by molar-refractivity contribution is 5.80. The number of guanidine groups is 1. The standard InChI is InChI=1S/C17H29N3O2/c1-5-14(3)20-17(18-6-2)19-13-15-8-7-9-16(12-15)22-11-10-21-4/h7-9,12,14H,5-6,10-11,13H2,1-4H3,(H2,18,19,20). The van der Waals surface area contributed by atoms with Gasteiger partial charge in [-0.1, -0.05) is 19.1 Å². The van der Waals surface area contributed by atoms with E-state index in [0.29, 0.717) is 25.8 Å². The summed E-state index contributed by atoms with van der Waals surface area (Å²) in [5.41, 5.74) is 1.12. The van der Waals surface area contributed by atoms with Crippen LogP contribution in [0.4, 0.5) is 0 Å². The molecule has 0 spiro atoms. The zero-order valence-corrected chi connectivity index (χ0v) is 14.2. The van der Waals surface area contributed by atoms with Crippen molar-refractivity contribution in [3.05, 3.63) is 29.8 Å². The SMILES string of the molecule is CCNC(=NCc1cccc(OCCOC)c1)NC(C)CC. The number of benzene rings is 1. The molecule has 1 unspecified atom stereocenters. The van der Waals surface area contributed by atoms with E-state index in [1.165, 1.54) is 0 Å². The zero-order chi connectivity index (χ0) is 16.2. The minimum Gasteiger partial charge on any atom is -0.491 e. The number of hydrogen-bond donors (Lipinski definition) is 2. The van der Waals surface area contributed by atoms with Crippen LogP contribution in [0.25, 0.3) is 0 Å². The second kappa shape index (κ2) is 10.9. The van der Waals surface area contributed by atoms with Crippen LogP contribution in [0.15, 0.2) is 29.3 Å². The molecule has 0 aliphatic heterocycles. The van der Waals surface area contributed by atoms with Gasteiger partial charge in [0.05, 0.1) is 13.2 Å². The van der Waals surface area contributed by atoms with Crippen molar-refractivity contribution in [2.45, 2.75) is 39.8 Å². The Morgan fingerprint density at radius 3 is 2.77 bits per heavy atom. The summed E-state index contributed by atoms with van der Waals surface area (Å²) in [6, 6.07) is 8.42. The molecule has 0 radical (unpaired) electrons. The summed E-state index contributed by atoms with van der Waals surface area (Å²) >= 11 is 0. The first kappa shape index (κ1) is 18.3. The first-order chi connectivity index (χ1) is 10.7. The Labute approximate surface area is 134 Å². The van der Waals surface area contributed by atoms with Crippen LogP contribution in [-0.2, 0) is 11.3 Å². The summed E-state index contributed by atoms with van der Waals surface area (Å²) in [6.45, 7) is 8.99. The van der Waals surface area contributed by atoms with Crippen LogP contribution in [0.3, 0.4) is 0 Å². The van der Waals surface area contributed by atoms with Crippen molar-refractivity contribution in [3.63, 3.8) is 0 Å². The van der Waals surface area contributed by atoms with Gasteiger partial charge in [-0.05, 0) is 38.0 Å². The lowest BCUT2D eigenvalue weighted by Gasteiger charge is -2.16. The maximum atomic E-state index is 5.62. The number of rotatable bonds is 9. The van der Waals surface area contributed by atoms with Crippen molar-refractivity contribution >= 4 is 5.96 Å². The maximum Gasteiger partial charge on any atom is 0.191 e. The summed E-state index contributed by atoms with van der Waals surface area (Å²) < 4.78 is 10.6. The van der Waals surface area contributed by atoms with E-state index >= 15 is 0 Å². The van der Waals surface area contributed by atoms with Gasteiger partial charge in [0.1, 0.15) is 12.4 Å². The van der Waals surface area contributed by atoms with Crippen LogP contribution < -0.4 is 15.4 Å². The largest absolute Gasteiger partial charge is 0.491 e. The number of nitrogens with zero attached hydrogens (tertiary/aromatic N) is 1. The fourth-order valence-electron chi connectivity index (χ4n) is 1.80. The average molecular weight is 307 g/mol. The van der Waals surface area contributed by atoms with Crippen LogP contribution in [0.1, 0.15) is 32.8 Å². The molecule has 1 aromatic carbocycles. The molecular weight excluding hydrogens is 278 g/mol. The van der Waals surface area contributed by atoms with Crippen molar-refractivity contribution in [1.82, 2.24) is 10.6 Å². The molecule has 5 nitrogen and oxygen atoms in total. The second-order valence-corrected chi connectivity index (χ2v) is 5.14. The number of hydrogen-bond acceptors (Lipinski definition) is 3. The molecule has 0 aromatic heterocycles. The predicted octanol–water partition coefficient (Wildman–Crippen LogP) is 2.57. The van der Waals surface area contributed by atoms with Gasteiger partial charge < -0.3 is 20.1 Å². The lowest BCUT2D eigenvalue weighted by atomic mass is 10.2. The van der Waals surface area contributed by atoms with Crippen molar-refractivity contribution in [1.29, 1.82) is 0 Å². The molecule has 0 amide bonds. The van der Waals surface area contributed by atoms with E-state index in [9.17, 15) is 0 Å². The van der Waals surface area contributed by atoms with Gasteiger partial charge in [-0.15, -0.1) is 0 Å². The fourth-order valence-corrected chi connectivity index (χ4v) is 1.80. The van der Waals surface area contributed by atoms with Gasteiger partial charge in [0, 0.05) is 19.7 Å². The average Bonchev–Trinajstić information content (AvgIpc) is 2.53. The second-order valence-electron chi connectivity index (χ2n) is 5.14. The molecule has 0 saturated heterocycles. The molecule has 22 heavy (non-hydrogen) atoms. The number of nitrogens with one attached hydrogen (secondary N) is 2. The predicted molar refractivity (Wildman–Crippen MR) is 91.5 cm³/mol. The highest BCUT2D eigenvalue weighted by Crippen LogP contribution is 2.14. The third-order valence-electron chi connectivity index (χ3n) is 3.21. The van der Waals surface area contributed by atoms with Crippen molar-refractivity contribution in [3.8, 4) is 5.75 Å². The van der Waals surface area contributed by atoms with E-state index in [-0.39, 0.29) is 0 Å². The van der Waals surface area contributed by atoms with Crippen molar-refractivity contribution < 1.29 is 9.47 Å². The summed E-state index contributed by atoms with van der Waals surface area (Å²) in [5.74, 6) is 1.70. The topological polar surface area (TPSA) is 54.9 Å². The van der Waals surface area contributed by atoms with Crippen molar-refractivity contribution in [2.24, 2.45) is 4.99 Å². The number of methoxy groups -OCH3 is 1. The fraction of sp³-hybridized carbons (Fsp3) is 0.588. The Morgan fingerprint density at radius 2 is 2.09 bits per heavy atom. The molecule has 1 aromatic rings. The third kappa shape index (κ3) is 7.31. The molecule has 2 N–H and O–H groups in total. The molecule has 0 aliphatic carbocycles. The lowest BCUT2D eigenvalue weighted by Crippen LogP contribution is -2.41.